The number of aryl methyl sites for hydroxylation is 2. The van der Waals surface area contributed by atoms with Gasteiger partial charge in [0.25, 0.3) is 5.91 Å². The number of amides is 1. The molecule has 2 aromatic heterocycles. The van der Waals surface area contributed by atoms with Crippen LogP contribution in [0.4, 0.5) is 11.5 Å². The molecule has 9 nitrogen and oxygen atoms in total. The third kappa shape index (κ3) is 5.33. The van der Waals surface area contributed by atoms with Crippen LogP contribution in [0.1, 0.15) is 21.7 Å². The van der Waals surface area contributed by atoms with Gasteiger partial charge in [0.1, 0.15) is 23.9 Å². The molecule has 4 heterocycles. The molecule has 0 unspecified atom stereocenters. The largest absolute Gasteiger partial charge is 0.492 e. The van der Waals surface area contributed by atoms with Crippen molar-refractivity contribution in [1.82, 2.24) is 14.5 Å². The van der Waals surface area contributed by atoms with Gasteiger partial charge < -0.3 is 29.0 Å². The number of rotatable bonds is 7. The zero-order valence-corrected chi connectivity index (χ0v) is 21.4. The molecule has 2 saturated heterocycles. The van der Waals surface area contributed by atoms with E-state index >= 15 is 0 Å². The minimum absolute atomic E-state index is 0.257. The number of carbonyl (C=O) groups is 1. The quantitative estimate of drug-likeness (QED) is 0.542. The molecule has 0 atom stereocenters. The highest BCUT2D eigenvalue weighted by Crippen LogP contribution is 2.28. The van der Waals surface area contributed by atoms with Crippen molar-refractivity contribution >= 4 is 28.3 Å². The lowest BCUT2D eigenvalue weighted by Crippen LogP contribution is -2.38. The predicted molar refractivity (Wildman–Crippen MR) is 140 cm³/mol. The molecule has 1 N–H and O–H groups in total. The Hall–Kier alpha value is -3.14. The molecule has 36 heavy (non-hydrogen) atoms. The molecule has 1 amide bonds. The second-order valence-electron chi connectivity index (χ2n) is 9.40. The number of fused-ring (bicyclic) bond motifs is 1. The van der Waals surface area contributed by atoms with E-state index in [2.05, 4.69) is 40.6 Å². The average molecular weight is 494 g/mol. The van der Waals surface area contributed by atoms with Crippen molar-refractivity contribution in [2.45, 2.75) is 13.8 Å². The highest BCUT2D eigenvalue weighted by molar-refractivity contribution is 6.04. The van der Waals surface area contributed by atoms with E-state index in [1.807, 2.05) is 24.3 Å². The van der Waals surface area contributed by atoms with E-state index in [0.717, 1.165) is 68.3 Å². The van der Waals surface area contributed by atoms with Crippen molar-refractivity contribution in [3.8, 4) is 5.75 Å². The van der Waals surface area contributed by atoms with Gasteiger partial charge in [0, 0.05) is 74.2 Å². The summed E-state index contributed by atoms with van der Waals surface area (Å²) in [5.41, 5.74) is 4.65. The Labute approximate surface area is 211 Å². The highest BCUT2D eigenvalue weighted by Gasteiger charge is 2.19. The number of ether oxygens (including phenoxy) is 3. The molecule has 0 radical (unpaired) electrons. The fourth-order valence-electron chi connectivity index (χ4n) is 4.79. The van der Waals surface area contributed by atoms with Gasteiger partial charge in [0.15, 0.2) is 0 Å². The van der Waals surface area contributed by atoms with Crippen LogP contribution >= 0.6 is 0 Å². The van der Waals surface area contributed by atoms with E-state index in [1.165, 1.54) is 11.3 Å². The van der Waals surface area contributed by atoms with Gasteiger partial charge in [-0.25, -0.2) is 4.98 Å². The second-order valence-corrected chi connectivity index (χ2v) is 9.40. The van der Waals surface area contributed by atoms with Crippen LogP contribution in [0.5, 0.6) is 5.75 Å². The number of nitrogens with zero attached hydrogens (tertiary/aromatic N) is 4. The first-order chi connectivity index (χ1) is 17.5. The van der Waals surface area contributed by atoms with Crippen LogP contribution in [-0.2, 0) is 16.5 Å². The van der Waals surface area contributed by atoms with Gasteiger partial charge in [-0.15, -0.1) is 0 Å². The van der Waals surface area contributed by atoms with Gasteiger partial charge >= 0.3 is 0 Å². The van der Waals surface area contributed by atoms with Crippen LogP contribution in [0.3, 0.4) is 0 Å². The van der Waals surface area contributed by atoms with Gasteiger partial charge in [-0.1, -0.05) is 0 Å². The third-order valence-corrected chi connectivity index (χ3v) is 7.20. The summed E-state index contributed by atoms with van der Waals surface area (Å²) in [6, 6.07) is 9.66. The van der Waals surface area contributed by atoms with E-state index in [0.29, 0.717) is 31.3 Å². The van der Waals surface area contributed by atoms with Crippen molar-refractivity contribution in [2.24, 2.45) is 7.05 Å². The Kier molecular flexibility index (Phi) is 7.41. The summed E-state index contributed by atoms with van der Waals surface area (Å²) >= 11 is 0. The van der Waals surface area contributed by atoms with E-state index in [9.17, 15) is 4.79 Å². The SMILES string of the molecule is Cc1c(C)n(C)c2ccc(NC(=O)c3cc(OCCN4CCOCC4)cc(N4CCOCC4)n3)cc12. The Balaban J connectivity index is 1.35. The lowest BCUT2D eigenvalue weighted by molar-refractivity contribution is 0.0322. The monoisotopic (exact) mass is 493 g/mol. The van der Waals surface area contributed by atoms with E-state index in [1.54, 1.807) is 6.07 Å². The normalized spacial score (nSPS) is 16.9. The van der Waals surface area contributed by atoms with Crippen LogP contribution in [-0.4, -0.2) is 86.1 Å². The van der Waals surface area contributed by atoms with Crippen molar-refractivity contribution in [3.05, 3.63) is 47.3 Å². The van der Waals surface area contributed by atoms with E-state index < -0.39 is 0 Å². The number of nitrogens with one attached hydrogen (secondary N) is 1. The van der Waals surface area contributed by atoms with Crippen LogP contribution < -0.4 is 15.0 Å². The van der Waals surface area contributed by atoms with Crippen LogP contribution in [0, 0.1) is 13.8 Å². The summed E-state index contributed by atoms with van der Waals surface area (Å²) < 4.78 is 19.2. The number of anilines is 2. The lowest BCUT2D eigenvalue weighted by atomic mass is 10.1. The molecule has 2 aliphatic heterocycles. The number of morpholine rings is 2. The molecule has 192 valence electrons. The number of aromatic nitrogens is 2. The number of carbonyl (C=O) groups excluding carboxylic acids is 1. The summed E-state index contributed by atoms with van der Waals surface area (Å²) in [4.78, 5) is 22.5. The molecule has 2 fully saturated rings. The summed E-state index contributed by atoms with van der Waals surface area (Å²) in [6.07, 6.45) is 0. The first kappa shape index (κ1) is 24.5. The van der Waals surface area contributed by atoms with Crippen molar-refractivity contribution in [2.75, 3.05) is 76.0 Å². The second kappa shape index (κ2) is 10.9. The molecule has 3 aromatic rings. The molecule has 9 heteroatoms. The first-order valence-electron chi connectivity index (χ1n) is 12.6. The molecular formula is C27H35N5O4. The van der Waals surface area contributed by atoms with Gasteiger partial charge in [-0.3, -0.25) is 9.69 Å². The van der Waals surface area contributed by atoms with Gasteiger partial charge in [-0.05, 0) is 37.6 Å². The smallest absolute Gasteiger partial charge is 0.274 e. The number of hydrogen-bond acceptors (Lipinski definition) is 7. The minimum atomic E-state index is -0.257. The Morgan fingerprint density at radius 2 is 1.75 bits per heavy atom. The number of hydrogen-bond donors (Lipinski definition) is 1. The first-order valence-corrected chi connectivity index (χ1v) is 12.6. The molecule has 0 bridgehead atoms. The van der Waals surface area contributed by atoms with E-state index in [4.69, 9.17) is 19.2 Å². The van der Waals surface area contributed by atoms with E-state index in [-0.39, 0.29) is 5.91 Å². The molecule has 5 rings (SSSR count). The van der Waals surface area contributed by atoms with Gasteiger partial charge in [0.05, 0.1) is 26.4 Å². The molecular weight excluding hydrogens is 458 g/mol. The van der Waals surface area contributed by atoms with Gasteiger partial charge in [0.2, 0.25) is 0 Å². The lowest BCUT2D eigenvalue weighted by Gasteiger charge is -2.28. The Bertz CT molecular complexity index is 1230. The summed E-state index contributed by atoms with van der Waals surface area (Å²) in [7, 11) is 2.06. The maximum absolute atomic E-state index is 13.3. The van der Waals surface area contributed by atoms with Crippen LogP contribution in [0.15, 0.2) is 30.3 Å². The molecule has 0 aliphatic carbocycles. The predicted octanol–water partition coefficient (Wildman–Crippen LogP) is 2.99. The maximum atomic E-state index is 13.3. The molecule has 0 spiro atoms. The average Bonchev–Trinajstić information content (AvgIpc) is 3.13. The summed E-state index contributed by atoms with van der Waals surface area (Å²) in [5, 5.41) is 4.17. The van der Waals surface area contributed by atoms with Crippen molar-refractivity contribution in [1.29, 1.82) is 0 Å². The third-order valence-electron chi connectivity index (χ3n) is 7.20. The fourth-order valence-corrected chi connectivity index (χ4v) is 4.79. The maximum Gasteiger partial charge on any atom is 0.274 e. The molecule has 0 saturated carbocycles. The van der Waals surface area contributed by atoms with Crippen molar-refractivity contribution in [3.63, 3.8) is 0 Å². The highest BCUT2D eigenvalue weighted by atomic mass is 16.5. The van der Waals surface area contributed by atoms with Crippen LogP contribution in [0.25, 0.3) is 10.9 Å². The topological polar surface area (TPSA) is 81.1 Å². The van der Waals surface area contributed by atoms with Crippen molar-refractivity contribution < 1.29 is 19.0 Å². The summed E-state index contributed by atoms with van der Waals surface area (Å²) in [5.74, 6) is 1.12. The molecule has 2 aliphatic rings. The number of pyridine rings is 1. The minimum Gasteiger partial charge on any atom is -0.492 e. The standard InChI is InChI=1S/C27H35N5O4/c1-19-20(2)30(3)25-5-4-21(16-23(19)25)28-27(33)24-17-22(36-15-8-31-6-11-34-12-7-31)18-26(29-24)32-9-13-35-14-10-32/h4-5,16-18H,6-15H2,1-3H3,(H,28,33). The fraction of sp³-hybridized carbons (Fsp3) is 0.481. The van der Waals surface area contributed by atoms with Crippen LogP contribution in [0.2, 0.25) is 0 Å². The zero-order chi connectivity index (χ0) is 25.1. The van der Waals surface area contributed by atoms with Gasteiger partial charge in [-0.2, -0.15) is 0 Å². The number of benzene rings is 1. The summed E-state index contributed by atoms with van der Waals surface area (Å²) in [6.45, 7) is 11.7. The Morgan fingerprint density at radius 3 is 2.50 bits per heavy atom. The molecule has 1 aromatic carbocycles. The zero-order valence-electron chi connectivity index (χ0n) is 21.4. The Morgan fingerprint density at radius 1 is 1.03 bits per heavy atom.